The van der Waals surface area contributed by atoms with E-state index < -0.39 is 0 Å². The Kier molecular flexibility index (Phi) is 4.11. The number of rotatable bonds is 4. The van der Waals surface area contributed by atoms with Crippen molar-refractivity contribution in [3.05, 3.63) is 78.0 Å². The van der Waals surface area contributed by atoms with Crippen molar-refractivity contribution < 1.29 is 4.57 Å². The number of hydrogen-bond acceptors (Lipinski definition) is 0. The van der Waals surface area contributed by atoms with Gasteiger partial charge in [0.15, 0.2) is 6.20 Å². The molecule has 0 spiro atoms. The van der Waals surface area contributed by atoms with Crippen LogP contribution in [0.2, 0.25) is 0 Å². The van der Waals surface area contributed by atoms with Crippen molar-refractivity contribution >= 4 is 0 Å². The van der Waals surface area contributed by atoms with Crippen LogP contribution in [0.3, 0.4) is 0 Å². The smallest absolute Gasteiger partial charge is 0.200 e. The van der Waals surface area contributed by atoms with E-state index in [0.717, 1.165) is 17.8 Å². The highest BCUT2D eigenvalue weighted by molar-refractivity contribution is 5.66. The maximum absolute atomic E-state index is 2.35. The molecule has 3 aliphatic carbocycles. The van der Waals surface area contributed by atoms with E-state index in [-0.39, 0.29) is 0 Å². The van der Waals surface area contributed by atoms with Gasteiger partial charge in [-0.1, -0.05) is 42.5 Å². The van der Waals surface area contributed by atoms with Crippen molar-refractivity contribution in [2.75, 3.05) is 0 Å². The Hall–Kier alpha value is -2.41. The van der Waals surface area contributed by atoms with E-state index in [1.165, 1.54) is 59.2 Å². The van der Waals surface area contributed by atoms with Crippen LogP contribution in [-0.2, 0) is 13.5 Å². The van der Waals surface area contributed by atoms with Gasteiger partial charge >= 0.3 is 0 Å². The summed E-state index contributed by atoms with van der Waals surface area (Å²) in [5.41, 5.74) is 7.98. The van der Waals surface area contributed by atoms with Crippen LogP contribution in [-0.4, -0.2) is 0 Å². The van der Waals surface area contributed by atoms with Gasteiger partial charge in [0, 0.05) is 17.2 Å². The van der Waals surface area contributed by atoms with Crippen molar-refractivity contribution in [1.82, 2.24) is 0 Å². The third-order valence-electron chi connectivity index (χ3n) is 7.04. The van der Waals surface area contributed by atoms with Gasteiger partial charge in [0.05, 0.1) is 0 Å². The molecule has 136 valence electrons. The molecule has 0 amide bonds. The van der Waals surface area contributed by atoms with Crippen molar-refractivity contribution in [2.45, 2.75) is 32.6 Å². The molecule has 3 saturated carbocycles. The Bertz CT molecular complexity index is 956. The zero-order valence-electron chi connectivity index (χ0n) is 16.4. The highest BCUT2D eigenvalue weighted by atomic mass is 14.9. The summed E-state index contributed by atoms with van der Waals surface area (Å²) in [6, 6.07) is 22.4. The molecule has 3 fully saturated rings. The number of fused-ring (bicyclic) bond motifs is 1. The van der Waals surface area contributed by atoms with Crippen LogP contribution in [0.5, 0.6) is 0 Å². The molecule has 2 bridgehead atoms. The monoisotopic (exact) mass is 354 g/mol. The second kappa shape index (κ2) is 6.64. The molecule has 27 heavy (non-hydrogen) atoms. The van der Waals surface area contributed by atoms with E-state index in [1.54, 1.807) is 0 Å². The van der Waals surface area contributed by atoms with E-state index in [1.807, 2.05) is 0 Å². The Morgan fingerprint density at radius 1 is 0.852 bits per heavy atom. The highest BCUT2D eigenvalue weighted by Gasteiger charge is 2.45. The Morgan fingerprint density at radius 2 is 1.56 bits per heavy atom. The lowest BCUT2D eigenvalue weighted by atomic mass is 9.69. The first-order valence-electron chi connectivity index (χ1n) is 10.3. The summed E-state index contributed by atoms with van der Waals surface area (Å²) >= 11 is 0. The Labute approximate surface area is 162 Å². The molecule has 3 aliphatic rings. The standard InChI is InChI=1S/C26H28N/c1-18-5-3-4-6-24(18)26-14-13-23(17-27(26)2)20-9-7-19(8-10-20)15-25-21-11-12-22(25)16-21/h3-10,13-14,17,21-22,25H,11-12,15-16H2,1-2H3/q+1. The highest BCUT2D eigenvalue weighted by Crippen LogP contribution is 2.54. The SMILES string of the molecule is Cc1ccccc1-c1ccc(-c2ccc(CC3C4CCC3C4)cc2)c[n+]1C. The van der Waals surface area contributed by atoms with Gasteiger partial charge in [-0.25, -0.2) is 4.57 Å². The summed E-state index contributed by atoms with van der Waals surface area (Å²) in [4.78, 5) is 0. The molecule has 0 aliphatic heterocycles. The molecule has 2 aromatic carbocycles. The lowest BCUT2D eigenvalue weighted by Gasteiger charge is -2.36. The first-order valence-corrected chi connectivity index (χ1v) is 10.3. The fourth-order valence-electron chi connectivity index (χ4n) is 5.38. The first-order chi connectivity index (χ1) is 13.2. The van der Waals surface area contributed by atoms with E-state index in [4.69, 9.17) is 0 Å². The lowest BCUT2D eigenvalue weighted by molar-refractivity contribution is -0.659. The zero-order chi connectivity index (χ0) is 18.4. The predicted octanol–water partition coefficient (Wildman–Crippen LogP) is 5.74. The van der Waals surface area contributed by atoms with E-state index in [2.05, 4.69) is 85.4 Å². The summed E-state index contributed by atoms with van der Waals surface area (Å²) in [5, 5.41) is 0. The lowest BCUT2D eigenvalue weighted by Crippen LogP contribution is -2.30. The van der Waals surface area contributed by atoms with Crippen molar-refractivity contribution in [2.24, 2.45) is 24.8 Å². The summed E-state index contributed by atoms with van der Waals surface area (Å²) < 4.78 is 2.25. The third kappa shape index (κ3) is 3.00. The minimum atomic E-state index is 0.974. The molecule has 0 N–H and O–H groups in total. The van der Waals surface area contributed by atoms with Gasteiger partial charge in [-0.3, -0.25) is 0 Å². The van der Waals surface area contributed by atoms with Crippen molar-refractivity contribution in [1.29, 1.82) is 0 Å². The zero-order valence-corrected chi connectivity index (χ0v) is 16.4. The topological polar surface area (TPSA) is 3.88 Å². The summed E-state index contributed by atoms with van der Waals surface area (Å²) in [6.07, 6.45) is 8.01. The Balaban J connectivity index is 1.37. The minimum Gasteiger partial charge on any atom is -0.200 e. The second-order valence-corrected chi connectivity index (χ2v) is 8.63. The number of aryl methyl sites for hydroxylation is 2. The van der Waals surface area contributed by atoms with Gasteiger partial charge in [-0.15, -0.1) is 0 Å². The van der Waals surface area contributed by atoms with Crippen molar-refractivity contribution in [3.63, 3.8) is 0 Å². The molecule has 3 aromatic rings. The van der Waals surface area contributed by atoms with Gasteiger partial charge in [-0.2, -0.15) is 0 Å². The largest absolute Gasteiger partial charge is 0.212 e. The van der Waals surface area contributed by atoms with Crippen LogP contribution in [0.15, 0.2) is 66.9 Å². The average Bonchev–Trinajstić information content (AvgIpc) is 3.32. The Morgan fingerprint density at radius 3 is 2.22 bits per heavy atom. The van der Waals surface area contributed by atoms with Crippen molar-refractivity contribution in [3.8, 4) is 22.4 Å². The number of benzene rings is 2. The third-order valence-corrected chi connectivity index (χ3v) is 7.04. The van der Waals surface area contributed by atoms with E-state index in [9.17, 15) is 0 Å². The normalized spacial score (nSPS) is 23.3. The van der Waals surface area contributed by atoms with Gasteiger partial charge in [0.2, 0.25) is 5.69 Å². The number of aromatic nitrogens is 1. The molecule has 1 aromatic heterocycles. The van der Waals surface area contributed by atoms with Crippen LogP contribution in [0.25, 0.3) is 22.4 Å². The fraction of sp³-hybridized carbons (Fsp3) is 0.346. The molecule has 2 atom stereocenters. The fourth-order valence-corrected chi connectivity index (χ4v) is 5.38. The molecular formula is C26H28N+. The molecule has 1 heterocycles. The molecule has 1 nitrogen and oxygen atoms in total. The maximum atomic E-state index is 2.35. The average molecular weight is 355 g/mol. The second-order valence-electron chi connectivity index (χ2n) is 8.63. The van der Waals surface area contributed by atoms with E-state index >= 15 is 0 Å². The number of hydrogen-bond donors (Lipinski definition) is 0. The maximum Gasteiger partial charge on any atom is 0.212 e. The summed E-state index contributed by atoms with van der Waals surface area (Å²) in [6.45, 7) is 2.18. The van der Waals surface area contributed by atoms with Crippen LogP contribution in [0.4, 0.5) is 0 Å². The molecule has 0 radical (unpaired) electrons. The quantitative estimate of drug-likeness (QED) is 0.526. The first kappa shape index (κ1) is 16.7. The molecule has 2 unspecified atom stereocenters. The van der Waals surface area contributed by atoms with Crippen LogP contribution in [0.1, 0.15) is 30.4 Å². The summed E-state index contributed by atoms with van der Waals surface area (Å²) in [5.74, 6) is 3.03. The van der Waals surface area contributed by atoms with E-state index in [0.29, 0.717) is 0 Å². The minimum absolute atomic E-state index is 0.974. The van der Waals surface area contributed by atoms with Gasteiger partial charge in [-0.05, 0) is 79.2 Å². The summed E-state index contributed by atoms with van der Waals surface area (Å²) in [7, 11) is 2.14. The molecular weight excluding hydrogens is 326 g/mol. The van der Waals surface area contributed by atoms with Crippen LogP contribution in [0, 0.1) is 24.7 Å². The molecule has 1 heteroatoms. The predicted molar refractivity (Wildman–Crippen MR) is 111 cm³/mol. The number of pyridine rings is 1. The van der Waals surface area contributed by atoms with Gasteiger partial charge in [0.25, 0.3) is 0 Å². The van der Waals surface area contributed by atoms with Crippen LogP contribution >= 0.6 is 0 Å². The van der Waals surface area contributed by atoms with Crippen LogP contribution < -0.4 is 4.57 Å². The number of nitrogens with zero attached hydrogens (tertiary/aromatic N) is 1. The van der Waals surface area contributed by atoms with Gasteiger partial charge < -0.3 is 0 Å². The van der Waals surface area contributed by atoms with Gasteiger partial charge in [0.1, 0.15) is 7.05 Å². The molecule has 6 rings (SSSR count). The molecule has 0 saturated heterocycles.